The molecule has 1 heterocycles. The Morgan fingerprint density at radius 3 is 2.47 bits per heavy atom. The fourth-order valence-electron chi connectivity index (χ4n) is 1.64. The van der Waals surface area contributed by atoms with Gasteiger partial charge in [0.1, 0.15) is 0 Å². The van der Waals surface area contributed by atoms with Crippen molar-refractivity contribution in [2.75, 3.05) is 0 Å². The van der Waals surface area contributed by atoms with Crippen LogP contribution in [0.5, 0.6) is 0 Å². The molecule has 1 aromatic heterocycles. The lowest BCUT2D eigenvalue weighted by atomic mass is 10.1. The maximum Gasteiger partial charge on any atom is 0.204 e. The molecule has 2 rings (SSSR count). The molecule has 17 heavy (non-hydrogen) atoms. The van der Waals surface area contributed by atoms with E-state index < -0.39 is 0 Å². The molecule has 0 fully saturated rings. The normalized spacial score (nSPS) is 10.6. The number of carbonyl (C=O) groups excluding carboxylic acids is 1. The zero-order valence-electron chi connectivity index (χ0n) is 9.38. The SMILES string of the molecule is Cc1cc(Cl)cc(C(=O)c2sc(C)cc2Br)c1. The van der Waals surface area contributed by atoms with Gasteiger partial charge in [0.05, 0.1) is 4.88 Å². The molecular weight excluding hydrogens is 320 g/mol. The molecule has 4 heteroatoms. The van der Waals surface area contributed by atoms with Crippen molar-refractivity contribution in [3.8, 4) is 0 Å². The molecule has 1 nitrogen and oxygen atoms in total. The third-order valence-electron chi connectivity index (χ3n) is 2.32. The molecule has 0 radical (unpaired) electrons. The van der Waals surface area contributed by atoms with Crippen LogP contribution in [0.2, 0.25) is 5.02 Å². The van der Waals surface area contributed by atoms with E-state index in [9.17, 15) is 4.79 Å². The first kappa shape index (κ1) is 12.8. The maximum atomic E-state index is 12.3. The van der Waals surface area contributed by atoms with Crippen LogP contribution in [0.1, 0.15) is 25.7 Å². The molecule has 0 saturated carbocycles. The topological polar surface area (TPSA) is 17.1 Å². The number of carbonyl (C=O) groups is 1. The summed E-state index contributed by atoms with van der Waals surface area (Å²) in [6.07, 6.45) is 0. The van der Waals surface area contributed by atoms with Crippen molar-refractivity contribution < 1.29 is 4.79 Å². The van der Waals surface area contributed by atoms with Gasteiger partial charge in [-0.1, -0.05) is 11.6 Å². The van der Waals surface area contributed by atoms with Crippen molar-refractivity contribution in [1.82, 2.24) is 0 Å². The van der Waals surface area contributed by atoms with Gasteiger partial charge >= 0.3 is 0 Å². The third-order valence-corrected chi connectivity index (χ3v) is 4.48. The Kier molecular flexibility index (Phi) is 3.71. The van der Waals surface area contributed by atoms with Gasteiger partial charge in [0.2, 0.25) is 5.78 Å². The number of aryl methyl sites for hydroxylation is 2. The van der Waals surface area contributed by atoms with Crippen molar-refractivity contribution in [2.45, 2.75) is 13.8 Å². The first-order valence-electron chi connectivity index (χ1n) is 5.05. The van der Waals surface area contributed by atoms with Gasteiger partial charge in [-0.05, 0) is 59.6 Å². The summed E-state index contributed by atoms with van der Waals surface area (Å²) in [5.41, 5.74) is 1.63. The molecule has 2 aromatic rings. The Hall–Kier alpha value is -0.640. The van der Waals surface area contributed by atoms with Gasteiger partial charge in [-0.3, -0.25) is 4.79 Å². The highest BCUT2D eigenvalue weighted by Gasteiger charge is 2.16. The Labute approximate surface area is 118 Å². The summed E-state index contributed by atoms with van der Waals surface area (Å²) in [5, 5.41) is 0.595. The highest BCUT2D eigenvalue weighted by atomic mass is 79.9. The van der Waals surface area contributed by atoms with Crippen LogP contribution < -0.4 is 0 Å². The van der Waals surface area contributed by atoms with E-state index in [4.69, 9.17) is 11.6 Å². The first-order valence-corrected chi connectivity index (χ1v) is 7.04. The zero-order chi connectivity index (χ0) is 12.6. The second-order valence-corrected chi connectivity index (χ2v) is 6.43. The number of ketones is 1. The molecule has 0 atom stereocenters. The number of hydrogen-bond donors (Lipinski definition) is 0. The van der Waals surface area contributed by atoms with Gasteiger partial charge in [0, 0.05) is 19.9 Å². The third kappa shape index (κ3) is 2.79. The molecule has 0 bridgehead atoms. The van der Waals surface area contributed by atoms with Crippen LogP contribution in [0.15, 0.2) is 28.7 Å². The Morgan fingerprint density at radius 2 is 1.94 bits per heavy atom. The lowest BCUT2D eigenvalue weighted by Gasteiger charge is -2.02. The van der Waals surface area contributed by atoms with E-state index in [-0.39, 0.29) is 5.78 Å². The highest BCUT2D eigenvalue weighted by molar-refractivity contribution is 9.10. The molecule has 0 N–H and O–H groups in total. The molecule has 88 valence electrons. The largest absolute Gasteiger partial charge is 0.288 e. The minimum atomic E-state index is 0.0144. The maximum absolute atomic E-state index is 12.3. The predicted octanol–water partition coefficient (Wildman–Crippen LogP) is 5.01. The van der Waals surface area contributed by atoms with Crippen LogP contribution in [0.4, 0.5) is 0 Å². The van der Waals surface area contributed by atoms with E-state index in [2.05, 4.69) is 15.9 Å². The second-order valence-electron chi connectivity index (χ2n) is 3.88. The van der Waals surface area contributed by atoms with Crippen molar-refractivity contribution in [2.24, 2.45) is 0 Å². The summed E-state index contributed by atoms with van der Waals surface area (Å²) in [5.74, 6) is 0.0144. The molecule has 0 saturated heterocycles. The molecule has 0 aliphatic heterocycles. The fourth-order valence-corrected chi connectivity index (χ4v) is 3.71. The van der Waals surface area contributed by atoms with Crippen molar-refractivity contribution in [3.63, 3.8) is 0 Å². The molecule has 0 amide bonds. The van der Waals surface area contributed by atoms with Gasteiger partial charge in [0.25, 0.3) is 0 Å². The standard InChI is InChI=1S/C13H10BrClOS/c1-7-3-9(6-10(15)4-7)12(16)13-11(14)5-8(2)17-13/h3-6H,1-2H3. The van der Waals surface area contributed by atoms with Crippen molar-refractivity contribution in [1.29, 1.82) is 0 Å². The van der Waals surface area contributed by atoms with E-state index >= 15 is 0 Å². The Morgan fingerprint density at radius 1 is 1.24 bits per heavy atom. The summed E-state index contributed by atoms with van der Waals surface area (Å²) in [4.78, 5) is 14.1. The molecule has 0 aliphatic carbocycles. The summed E-state index contributed by atoms with van der Waals surface area (Å²) in [6.45, 7) is 3.91. The van der Waals surface area contributed by atoms with E-state index in [0.717, 1.165) is 19.8 Å². The molecule has 0 spiro atoms. The Balaban J connectivity index is 2.47. The quantitative estimate of drug-likeness (QED) is 0.708. The molecule has 0 aliphatic rings. The highest BCUT2D eigenvalue weighted by Crippen LogP contribution is 2.29. The fraction of sp³-hybridized carbons (Fsp3) is 0.154. The average molecular weight is 330 g/mol. The van der Waals surface area contributed by atoms with Gasteiger partial charge in [-0.15, -0.1) is 11.3 Å². The number of halogens is 2. The van der Waals surface area contributed by atoms with Gasteiger partial charge in [-0.25, -0.2) is 0 Å². The molecule has 1 aromatic carbocycles. The van der Waals surface area contributed by atoms with Crippen LogP contribution in [0.3, 0.4) is 0 Å². The van der Waals surface area contributed by atoms with E-state index in [1.165, 1.54) is 11.3 Å². The van der Waals surface area contributed by atoms with Crippen LogP contribution >= 0.6 is 38.9 Å². The molecule has 0 unspecified atom stereocenters. The summed E-state index contributed by atoms with van der Waals surface area (Å²) < 4.78 is 0.850. The number of benzene rings is 1. The van der Waals surface area contributed by atoms with E-state index in [1.54, 1.807) is 6.07 Å². The van der Waals surface area contributed by atoms with Crippen molar-refractivity contribution in [3.05, 3.63) is 54.6 Å². The van der Waals surface area contributed by atoms with Crippen LogP contribution in [-0.4, -0.2) is 5.78 Å². The van der Waals surface area contributed by atoms with Crippen LogP contribution in [-0.2, 0) is 0 Å². The summed E-state index contributed by atoms with van der Waals surface area (Å²) >= 11 is 10.9. The van der Waals surface area contributed by atoms with Crippen LogP contribution in [0, 0.1) is 13.8 Å². The van der Waals surface area contributed by atoms with Crippen molar-refractivity contribution >= 4 is 44.7 Å². The second kappa shape index (κ2) is 4.92. The monoisotopic (exact) mass is 328 g/mol. The average Bonchev–Trinajstić information content (AvgIpc) is 2.55. The minimum absolute atomic E-state index is 0.0144. The number of hydrogen-bond acceptors (Lipinski definition) is 2. The lowest BCUT2D eigenvalue weighted by Crippen LogP contribution is -1.99. The van der Waals surface area contributed by atoms with Gasteiger partial charge in [-0.2, -0.15) is 0 Å². The smallest absolute Gasteiger partial charge is 0.204 e. The van der Waals surface area contributed by atoms with Crippen LogP contribution in [0.25, 0.3) is 0 Å². The minimum Gasteiger partial charge on any atom is -0.288 e. The van der Waals surface area contributed by atoms with Gasteiger partial charge in [0.15, 0.2) is 0 Å². The van der Waals surface area contributed by atoms with Gasteiger partial charge < -0.3 is 0 Å². The Bertz CT molecular complexity index is 569. The molecular formula is C13H10BrClOS. The predicted molar refractivity (Wildman–Crippen MR) is 76.4 cm³/mol. The van der Waals surface area contributed by atoms with E-state index in [0.29, 0.717) is 10.6 Å². The summed E-state index contributed by atoms with van der Waals surface area (Å²) in [6, 6.07) is 7.36. The first-order chi connectivity index (χ1) is 7.97. The number of thiophene rings is 1. The lowest BCUT2D eigenvalue weighted by molar-refractivity contribution is 0.104. The number of rotatable bonds is 2. The summed E-state index contributed by atoms with van der Waals surface area (Å²) in [7, 11) is 0. The van der Waals surface area contributed by atoms with E-state index in [1.807, 2.05) is 32.0 Å². The zero-order valence-corrected chi connectivity index (χ0v) is 12.5.